The number of hydroxylamine groups is 1. The summed E-state index contributed by atoms with van der Waals surface area (Å²) in [5.74, 6) is -0.636. The third kappa shape index (κ3) is 9.27. The van der Waals surface area contributed by atoms with Crippen molar-refractivity contribution < 1.29 is 27.5 Å². The summed E-state index contributed by atoms with van der Waals surface area (Å²) < 4.78 is 39.3. The SMILES string of the molecule is CCOCCC(=O)NOCC(F)(F)F. The molecule has 0 aromatic rings. The van der Waals surface area contributed by atoms with Crippen LogP contribution in [0.25, 0.3) is 0 Å². The highest BCUT2D eigenvalue weighted by Gasteiger charge is 2.28. The maximum absolute atomic E-state index is 11.5. The molecule has 0 saturated heterocycles. The van der Waals surface area contributed by atoms with Crippen molar-refractivity contribution in [3.8, 4) is 0 Å². The number of ether oxygens (including phenoxy) is 1. The standard InChI is InChI=1S/C7H12F3NO3/c1-2-13-4-3-6(12)11-14-5-7(8,9)10/h2-5H2,1H3,(H,11,12). The van der Waals surface area contributed by atoms with Crippen LogP contribution in [0.2, 0.25) is 0 Å². The highest BCUT2D eigenvalue weighted by Crippen LogP contribution is 2.13. The number of carbonyl (C=O) groups excluding carboxylic acids is 1. The van der Waals surface area contributed by atoms with E-state index in [-0.39, 0.29) is 13.0 Å². The van der Waals surface area contributed by atoms with Crippen molar-refractivity contribution in [3.63, 3.8) is 0 Å². The minimum Gasteiger partial charge on any atom is -0.381 e. The van der Waals surface area contributed by atoms with Crippen LogP contribution in [0.1, 0.15) is 13.3 Å². The Labute approximate surface area is 79.3 Å². The van der Waals surface area contributed by atoms with Gasteiger partial charge in [0, 0.05) is 6.61 Å². The Morgan fingerprint density at radius 1 is 1.43 bits per heavy atom. The van der Waals surface area contributed by atoms with Gasteiger partial charge in [0.15, 0.2) is 6.61 Å². The van der Waals surface area contributed by atoms with Gasteiger partial charge in [0.25, 0.3) is 0 Å². The quantitative estimate of drug-likeness (QED) is 0.531. The van der Waals surface area contributed by atoms with Gasteiger partial charge in [-0.1, -0.05) is 0 Å². The lowest BCUT2D eigenvalue weighted by Crippen LogP contribution is -2.30. The van der Waals surface area contributed by atoms with E-state index in [1.807, 2.05) is 0 Å². The Kier molecular flexibility index (Phi) is 6.22. The Morgan fingerprint density at radius 2 is 2.07 bits per heavy atom. The topological polar surface area (TPSA) is 47.6 Å². The lowest BCUT2D eigenvalue weighted by Gasteiger charge is -2.07. The fraction of sp³-hybridized carbons (Fsp3) is 0.857. The number of hydrogen-bond donors (Lipinski definition) is 1. The molecule has 84 valence electrons. The van der Waals surface area contributed by atoms with Gasteiger partial charge in [0.1, 0.15) is 0 Å². The highest BCUT2D eigenvalue weighted by molar-refractivity contribution is 5.74. The van der Waals surface area contributed by atoms with Gasteiger partial charge < -0.3 is 4.74 Å². The number of rotatable bonds is 6. The molecule has 0 heterocycles. The molecule has 0 spiro atoms. The van der Waals surface area contributed by atoms with E-state index in [0.717, 1.165) is 0 Å². The first-order valence-corrected chi connectivity index (χ1v) is 4.01. The number of carbonyl (C=O) groups is 1. The average molecular weight is 215 g/mol. The van der Waals surface area contributed by atoms with Crippen molar-refractivity contribution in [1.82, 2.24) is 5.48 Å². The predicted molar refractivity (Wildman–Crippen MR) is 41.3 cm³/mol. The van der Waals surface area contributed by atoms with Crippen molar-refractivity contribution >= 4 is 5.91 Å². The molecule has 4 nitrogen and oxygen atoms in total. The lowest BCUT2D eigenvalue weighted by molar-refractivity contribution is -0.191. The Balaban J connectivity index is 3.36. The summed E-state index contributed by atoms with van der Waals surface area (Å²) in [6.45, 7) is 0.875. The zero-order chi connectivity index (χ0) is 11.0. The third-order valence-corrected chi connectivity index (χ3v) is 1.10. The normalized spacial score (nSPS) is 11.4. The monoisotopic (exact) mass is 215 g/mol. The summed E-state index contributed by atoms with van der Waals surface area (Å²) in [5.41, 5.74) is 1.66. The zero-order valence-corrected chi connectivity index (χ0v) is 7.69. The molecule has 0 bridgehead atoms. The van der Waals surface area contributed by atoms with Crippen molar-refractivity contribution in [2.75, 3.05) is 19.8 Å². The van der Waals surface area contributed by atoms with E-state index >= 15 is 0 Å². The van der Waals surface area contributed by atoms with Crippen LogP contribution >= 0.6 is 0 Å². The smallest absolute Gasteiger partial charge is 0.381 e. The molecular formula is C7H12F3NO3. The largest absolute Gasteiger partial charge is 0.414 e. The van der Waals surface area contributed by atoms with Crippen molar-refractivity contribution in [2.45, 2.75) is 19.5 Å². The molecule has 0 aliphatic rings. The first-order valence-electron chi connectivity index (χ1n) is 4.01. The zero-order valence-electron chi connectivity index (χ0n) is 7.69. The van der Waals surface area contributed by atoms with Gasteiger partial charge in [-0.25, -0.2) is 5.48 Å². The van der Waals surface area contributed by atoms with Crippen LogP contribution in [0, 0.1) is 0 Å². The van der Waals surface area contributed by atoms with E-state index in [2.05, 4.69) is 4.84 Å². The minimum absolute atomic E-state index is 0.0221. The number of alkyl halides is 3. The van der Waals surface area contributed by atoms with E-state index in [1.165, 1.54) is 0 Å². The van der Waals surface area contributed by atoms with Gasteiger partial charge in [0.05, 0.1) is 13.0 Å². The summed E-state index contributed by atoms with van der Waals surface area (Å²) in [6.07, 6.45) is -4.46. The fourth-order valence-electron chi connectivity index (χ4n) is 0.559. The number of nitrogens with one attached hydrogen (secondary N) is 1. The molecule has 0 aliphatic carbocycles. The van der Waals surface area contributed by atoms with Crippen LogP contribution in [-0.4, -0.2) is 31.9 Å². The second kappa shape index (κ2) is 6.61. The molecule has 0 aromatic carbocycles. The van der Waals surface area contributed by atoms with Crippen molar-refractivity contribution in [2.24, 2.45) is 0 Å². The van der Waals surface area contributed by atoms with E-state index in [4.69, 9.17) is 4.74 Å². The minimum atomic E-state index is -4.44. The number of amides is 1. The summed E-state index contributed by atoms with van der Waals surface area (Å²) in [7, 11) is 0. The molecule has 1 N–H and O–H groups in total. The highest BCUT2D eigenvalue weighted by atomic mass is 19.4. The molecule has 1 amide bonds. The van der Waals surface area contributed by atoms with E-state index in [1.54, 1.807) is 12.4 Å². The fourth-order valence-corrected chi connectivity index (χ4v) is 0.559. The van der Waals surface area contributed by atoms with E-state index < -0.39 is 18.7 Å². The molecule has 0 aliphatic heterocycles. The van der Waals surface area contributed by atoms with E-state index in [0.29, 0.717) is 6.61 Å². The Morgan fingerprint density at radius 3 is 2.57 bits per heavy atom. The van der Waals surface area contributed by atoms with Crippen molar-refractivity contribution in [1.29, 1.82) is 0 Å². The Hall–Kier alpha value is -0.820. The molecule has 0 aromatic heterocycles. The van der Waals surface area contributed by atoms with Gasteiger partial charge in [-0.15, -0.1) is 0 Å². The first kappa shape index (κ1) is 13.2. The van der Waals surface area contributed by atoms with Crippen LogP contribution in [0.5, 0.6) is 0 Å². The molecule has 0 unspecified atom stereocenters. The van der Waals surface area contributed by atoms with Gasteiger partial charge in [-0.05, 0) is 6.92 Å². The average Bonchev–Trinajstić information content (AvgIpc) is 2.02. The third-order valence-electron chi connectivity index (χ3n) is 1.10. The van der Waals surface area contributed by atoms with Gasteiger partial charge in [0.2, 0.25) is 5.91 Å². The predicted octanol–water partition coefficient (Wildman–Crippen LogP) is 1.02. The number of halogens is 3. The first-order chi connectivity index (χ1) is 6.45. The molecule has 0 fully saturated rings. The lowest BCUT2D eigenvalue weighted by atomic mass is 10.4. The Bertz CT molecular complexity index is 172. The molecule has 0 rings (SSSR count). The van der Waals surface area contributed by atoms with Crippen LogP contribution in [-0.2, 0) is 14.4 Å². The summed E-state index contributed by atoms with van der Waals surface area (Å²) >= 11 is 0. The summed E-state index contributed by atoms with van der Waals surface area (Å²) in [6, 6.07) is 0. The number of hydrogen-bond acceptors (Lipinski definition) is 3. The van der Waals surface area contributed by atoms with Crippen LogP contribution in [0.4, 0.5) is 13.2 Å². The summed E-state index contributed by atoms with van der Waals surface area (Å²) in [4.78, 5) is 14.6. The van der Waals surface area contributed by atoms with Gasteiger partial charge >= 0.3 is 6.18 Å². The molecule has 0 radical (unpaired) electrons. The van der Waals surface area contributed by atoms with Crippen LogP contribution in [0.3, 0.4) is 0 Å². The van der Waals surface area contributed by atoms with Crippen LogP contribution < -0.4 is 5.48 Å². The molecule has 0 saturated carbocycles. The van der Waals surface area contributed by atoms with E-state index in [9.17, 15) is 18.0 Å². The molecule has 0 atom stereocenters. The maximum Gasteiger partial charge on any atom is 0.414 e. The van der Waals surface area contributed by atoms with Gasteiger partial charge in [-0.3, -0.25) is 9.63 Å². The molecular weight excluding hydrogens is 203 g/mol. The molecule has 14 heavy (non-hydrogen) atoms. The van der Waals surface area contributed by atoms with Gasteiger partial charge in [-0.2, -0.15) is 13.2 Å². The second-order valence-corrected chi connectivity index (χ2v) is 2.38. The van der Waals surface area contributed by atoms with Crippen LogP contribution in [0.15, 0.2) is 0 Å². The van der Waals surface area contributed by atoms with Crippen molar-refractivity contribution in [3.05, 3.63) is 0 Å². The summed E-state index contributed by atoms with van der Waals surface area (Å²) in [5, 5.41) is 0. The molecule has 7 heteroatoms. The maximum atomic E-state index is 11.5. The second-order valence-electron chi connectivity index (χ2n) is 2.38.